The Morgan fingerprint density at radius 3 is 2.52 bits per heavy atom. The van der Waals surface area contributed by atoms with Gasteiger partial charge < -0.3 is 14.7 Å². The summed E-state index contributed by atoms with van der Waals surface area (Å²) in [7, 11) is 3.71. The Hall–Kier alpha value is -1.84. The smallest absolute Gasteiger partial charge is 0.127 e. The number of fused-ring (bicyclic) bond motifs is 1. The molecule has 0 saturated heterocycles. The number of benzene rings is 2. The summed E-state index contributed by atoms with van der Waals surface area (Å²) >= 11 is 0. The molecule has 110 valence electrons. The van der Waals surface area contributed by atoms with E-state index in [2.05, 4.69) is 18.0 Å². The van der Waals surface area contributed by atoms with Gasteiger partial charge in [-0.2, -0.15) is 0 Å². The number of ether oxygens (including phenoxy) is 1. The van der Waals surface area contributed by atoms with Crippen molar-refractivity contribution in [2.45, 2.75) is 12.0 Å². The van der Waals surface area contributed by atoms with Crippen molar-refractivity contribution >= 4 is 0 Å². The predicted molar refractivity (Wildman–Crippen MR) is 83.6 cm³/mol. The summed E-state index contributed by atoms with van der Waals surface area (Å²) in [6.45, 7) is 1.55. The summed E-state index contributed by atoms with van der Waals surface area (Å²) in [5, 5.41) is 11.4. The second-order valence-electron chi connectivity index (χ2n) is 5.73. The maximum Gasteiger partial charge on any atom is 0.127 e. The molecule has 1 aliphatic heterocycles. The molecular weight excluding hydrogens is 262 g/mol. The molecule has 0 fully saturated rings. The first-order valence-corrected chi connectivity index (χ1v) is 7.27. The van der Waals surface area contributed by atoms with Gasteiger partial charge in [0.15, 0.2) is 0 Å². The number of rotatable bonds is 2. The van der Waals surface area contributed by atoms with Crippen molar-refractivity contribution in [1.82, 2.24) is 4.90 Å². The molecule has 0 aliphatic carbocycles. The lowest BCUT2D eigenvalue weighted by Gasteiger charge is -2.32. The summed E-state index contributed by atoms with van der Waals surface area (Å²) in [4.78, 5) is 2.18. The summed E-state index contributed by atoms with van der Waals surface area (Å²) in [5.74, 6) is 0.803. The van der Waals surface area contributed by atoms with Crippen molar-refractivity contribution in [2.75, 3.05) is 27.2 Å². The lowest BCUT2D eigenvalue weighted by atomic mass is 9.83. The molecule has 3 rings (SSSR count). The van der Waals surface area contributed by atoms with Gasteiger partial charge in [0.1, 0.15) is 11.4 Å². The van der Waals surface area contributed by atoms with Gasteiger partial charge in [0.25, 0.3) is 0 Å². The lowest BCUT2D eigenvalue weighted by molar-refractivity contribution is 0.0492. The number of hydrogen-bond acceptors (Lipinski definition) is 3. The SMILES string of the molecule is COc1ccc(C2(O)CN(C)CCc3ccccc32)cc1. The third kappa shape index (κ3) is 2.55. The molecule has 0 saturated carbocycles. The number of methoxy groups -OCH3 is 1. The second kappa shape index (κ2) is 5.51. The van der Waals surface area contributed by atoms with E-state index in [0.29, 0.717) is 6.54 Å². The van der Waals surface area contributed by atoms with Crippen LogP contribution in [0.2, 0.25) is 0 Å². The Labute approximate surface area is 125 Å². The quantitative estimate of drug-likeness (QED) is 0.919. The van der Waals surface area contributed by atoms with E-state index in [1.165, 1.54) is 5.56 Å². The normalized spacial score (nSPS) is 22.4. The van der Waals surface area contributed by atoms with Gasteiger partial charge in [-0.05, 0) is 42.3 Å². The van der Waals surface area contributed by atoms with Gasteiger partial charge >= 0.3 is 0 Å². The van der Waals surface area contributed by atoms with Gasteiger partial charge in [-0.1, -0.05) is 36.4 Å². The number of hydrogen-bond donors (Lipinski definition) is 1. The lowest BCUT2D eigenvalue weighted by Crippen LogP contribution is -2.39. The monoisotopic (exact) mass is 283 g/mol. The van der Waals surface area contributed by atoms with Gasteiger partial charge in [0.05, 0.1) is 7.11 Å². The molecular formula is C18H21NO2. The van der Waals surface area contributed by atoms with E-state index in [-0.39, 0.29) is 0 Å². The van der Waals surface area contributed by atoms with Gasteiger partial charge in [-0.3, -0.25) is 0 Å². The molecule has 0 aromatic heterocycles. The molecule has 0 spiro atoms. The minimum atomic E-state index is -0.978. The molecule has 3 nitrogen and oxygen atoms in total. The highest BCUT2D eigenvalue weighted by atomic mass is 16.5. The van der Waals surface area contributed by atoms with Crippen LogP contribution in [0.25, 0.3) is 0 Å². The van der Waals surface area contributed by atoms with E-state index < -0.39 is 5.60 Å². The summed E-state index contributed by atoms with van der Waals surface area (Å²) < 4.78 is 5.21. The van der Waals surface area contributed by atoms with Crippen LogP contribution in [0.1, 0.15) is 16.7 Å². The van der Waals surface area contributed by atoms with E-state index in [9.17, 15) is 5.11 Å². The van der Waals surface area contributed by atoms with Crippen LogP contribution >= 0.6 is 0 Å². The highest BCUT2D eigenvalue weighted by Gasteiger charge is 2.36. The Morgan fingerprint density at radius 2 is 1.81 bits per heavy atom. The zero-order valence-electron chi connectivity index (χ0n) is 12.5. The van der Waals surface area contributed by atoms with Crippen LogP contribution < -0.4 is 4.74 Å². The van der Waals surface area contributed by atoms with Gasteiger partial charge in [0.2, 0.25) is 0 Å². The van der Waals surface area contributed by atoms with Crippen LogP contribution in [0.5, 0.6) is 5.75 Å². The van der Waals surface area contributed by atoms with Crippen molar-refractivity contribution < 1.29 is 9.84 Å². The largest absolute Gasteiger partial charge is 0.497 e. The third-order valence-electron chi connectivity index (χ3n) is 4.29. The fourth-order valence-corrected chi connectivity index (χ4v) is 3.12. The van der Waals surface area contributed by atoms with Gasteiger partial charge in [0, 0.05) is 13.1 Å². The van der Waals surface area contributed by atoms with Crippen molar-refractivity contribution in [2.24, 2.45) is 0 Å². The average molecular weight is 283 g/mol. The molecule has 1 atom stereocenters. The first kappa shape index (κ1) is 14.1. The fourth-order valence-electron chi connectivity index (χ4n) is 3.12. The van der Waals surface area contributed by atoms with Crippen molar-refractivity contribution in [3.05, 3.63) is 65.2 Å². The number of β-amino-alcohol motifs (C(OH)–C–C–N with tert-alkyl or cyclic N) is 1. The van der Waals surface area contributed by atoms with Crippen LogP contribution in [0.15, 0.2) is 48.5 Å². The summed E-state index contributed by atoms with van der Waals surface area (Å²) in [6, 6.07) is 15.9. The summed E-state index contributed by atoms with van der Waals surface area (Å²) in [6.07, 6.45) is 0.963. The Morgan fingerprint density at radius 1 is 1.10 bits per heavy atom. The predicted octanol–water partition coefficient (Wildman–Crippen LogP) is 2.42. The molecule has 1 aliphatic rings. The molecule has 2 aromatic rings. The van der Waals surface area contributed by atoms with Gasteiger partial charge in [-0.25, -0.2) is 0 Å². The van der Waals surface area contributed by atoms with Crippen molar-refractivity contribution in [1.29, 1.82) is 0 Å². The number of aliphatic hydroxyl groups is 1. The molecule has 1 N–H and O–H groups in total. The highest BCUT2D eigenvalue weighted by molar-refractivity contribution is 5.44. The van der Waals surface area contributed by atoms with Crippen LogP contribution in [-0.4, -0.2) is 37.3 Å². The van der Waals surface area contributed by atoms with E-state index >= 15 is 0 Å². The van der Waals surface area contributed by atoms with Crippen LogP contribution in [0.3, 0.4) is 0 Å². The fraction of sp³-hybridized carbons (Fsp3) is 0.333. The minimum Gasteiger partial charge on any atom is -0.497 e. The molecule has 1 unspecified atom stereocenters. The molecule has 0 radical (unpaired) electrons. The van der Waals surface area contributed by atoms with E-state index in [1.54, 1.807) is 7.11 Å². The van der Waals surface area contributed by atoms with Crippen LogP contribution in [0.4, 0.5) is 0 Å². The minimum absolute atomic E-state index is 0.594. The third-order valence-corrected chi connectivity index (χ3v) is 4.29. The molecule has 1 heterocycles. The van der Waals surface area contributed by atoms with Crippen molar-refractivity contribution in [3.63, 3.8) is 0 Å². The van der Waals surface area contributed by atoms with Crippen LogP contribution in [-0.2, 0) is 12.0 Å². The van der Waals surface area contributed by atoms with E-state index in [4.69, 9.17) is 4.74 Å². The molecule has 0 bridgehead atoms. The average Bonchev–Trinajstić information content (AvgIpc) is 2.65. The Balaban J connectivity index is 2.11. The van der Waals surface area contributed by atoms with Gasteiger partial charge in [-0.15, -0.1) is 0 Å². The van der Waals surface area contributed by atoms with E-state index in [0.717, 1.165) is 29.8 Å². The second-order valence-corrected chi connectivity index (χ2v) is 5.73. The molecule has 21 heavy (non-hydrogen) atoms. The number of nitrogens with zero attached hydrogens (tertiary/aromatic N) is 1. The zero-order valence-corrected chi connectivity index (χ0v) is 12.5. The summed E-state index contributed by atoms with van der Waals surface area (Å²) in [5.41, 5.74) is 2.16. The van der Waals surface area contributed by atoms with Crippen molar-refractivity contribution in [3.8, 4) is 5.75 Å². The first-order chi connectivity index (χ1) is 10.1. The first-order valence-electron chi connectivity index (χ1n) is 7.27. The topological polar surface area (TPSA) is 32.7 Å². The molecule has 2 aromatic carbocycles. The maximum absolute atomic E-state index is 11.4. The zero-order chi connectivity index (χ0) is 14.9. The molecule has 3 heteroatoms. The van der Waals surface area contributed by atoms with Crippen LogP contribution in [0, 0.1) is 0 Å². The number of likely N-dealkylation sites (N-methyl/N-ethyl adjacent to an activating group) is 1. The maximum atomic E-state index is 11.4. The Bertz CT molecular complexity index is 623. The molecule has 0 amide bonds. The standard InChI is InChI=1S/C18H21NO2/c1-19-12-11-14-5-3-4-6-17(14)18(20,13-19)15-7-9-16(21-2)10-8-15/h3-10,20H,11-13H2,1-2H3. The van der Waals surface area contributed by atoms with E-state index in [1.807, 2.05) is 42.5 Å². The highest BCUT2D eigenvalue weighted by Crippen LogP contribution is 2.35. The Kier molecular flexibility index (Phi) is 3.70.